The molecule has 0 saturated carbocycles. The molecule has 6 nitrogen and oxygen atoms in total. The number of para-hydroxylation sites is 2. The van der Waals surface area contributed by atoms with Gasteiger partial charge in [0.2, 0.25) is 0 Å². The Morgan fingerprint density at radius 1 is 0.380 bits per heavy atom. The van der Waals surface area contributed by atoms with Gasteiger partial charge in [-0.25, -0.2) is 15.0 Å². The lowest BCUT2D eigenvalue weighted by atomic mass is 9.96. The molecule has 0 N–H and O–H groups in total. The first-order chi connectivity index (χ1) is 24.8. The first kappa shape index (κ1) is 27.1. The molecule has 11 rings (SSSR count). The molecule has 0 fully saturated rings. The first-order valence-corrected chi connectivity index (χ1v) is 16.5. The van der Waals surface area contributed by atoms with Crippen LogP contribution in [0.1, 0.15) is 0 Å². The summed E-state index contributed by atoms with van der Waals surface area (Å²) in [6.45, 7) is 0. The lowest BCUT2D eigenvalue weighted by Crippen LogP contribution is -2.01. The molecule has 0 spiro atoms. The van der Waals surface area contributed by atoms with Gasteiger partial charge in [0.1, 0.15) is 22.3 Å². The lowest BCUT2D eigenvalue weighted by Gasteiger charge is -2.12. The average molecular weight is 641 g/mol. The Kier molecular flexibility index (Phi) is 5.57. The molecule has 50 heavy (non-hydrogen) atoms. The van der Waals surface area contributed by atoms with E-state index in [0.29, 0.717) is 17.5 Å². The van der Waals surface area contributed by atoms with Gasteiger partial charge in [-0.1, -0.05) is 97.1 Å². The lowest BCUT2D eigenvalue weighted by molar-refractivity contribution is 0.668. The van der Waals surface area contributed by atoms with Crippen molar-refractivity contribution >= 4 is 76.2 Å². The maximum absolute atomic E-state index is 6.27. The Morgan fingerprint density at radius 3 is 1.62 bits per heavy atom. The van der Waals surface area contributed by atoms with Crippen LogP contribution in [0.2, 0.25) is 0 Å². The molecule has 0 bridgehead atoms. The van der Waals surface area contributed by atoms with E-state index in [1.54, 1.807) is 0 Å². The van der Waals surface area contributed by atoms with E-state index in [0.717, 1.165) is 71.3 Å². The molecule has 0 amide bonds. The Hall–Kier alpha value is -6.92. The molecular formula is C44H24N4O2. The summed E-state index contributed by atoms with van der Waals surface area (Å²) < 4.78 is 12.5. The summed E-state index contributed by atoms with van der Waals surface area (Å²) in [4.78, 5) is 19.9. The summed E-state index contributed by atoms with van der Waals surface area (Å²) in [5.74, 6) is 1.73. The molecule has 0 atom stereocenters. The molecular weight excluding hydrogens is 617 g/mol. The summed E-state index contributed by atoms with van der Waals surface area (Å²) in [5.41, 5.74) is 5.89. The third kappa shape index (κ3) is 3.96. The smallest absolute Gasteiger partial charge is 0.164 e. The molecule has 232 valence electrons. The quantitative estimate of drug-likeness (QED) is 0.179. The summed E-state index contributed by atoms with van der Waals surface area (Å²) in [6, 6.07) is 45.5. The monoisotopic (exact) mass is 640 g/mol. The minimum Gasteiger partial charge on any atom is -0.456 e. The summed E-state index contributed by atoms with van der Waals surface area (Å²) >= 11 is 0. The average Bonchev–Trinajstić information content (AvgIpc) is 3.76. The highest BCUT2D eigenvalue weighted by Gasteiger charge is 2.20. The standard InChI is InChI=1S/C44H24N4O2/c1-3-11-35-31(7-1)40-33(9-5-13-37(40)49-35)43-46-42(47-44(48-43)34-10-6-14-38-41(34)32-8-2-4-12-36(32)50-38)27-19-20-29-26(23-27)17-15-25-16-18-28-24-45-22-21-30(28)39(25)29/h1-24H. The molecule has 0 aliphatic heterocycles. The maximum atomic E-state index is 6.27. The van der Waals surface area contributed by atoms with Crippen molar-refractivity contribution in [2.45, 2.75) is 0 Å². The van der Waals surface area contributed by atoms with Crippen LogP contribution in [0.5, 0.6) is 0 Å². The van der Waals surface area contributed by atoms with Gasteiger partial charge in [-0.05, 0) is 63.3 Å². The second-order valence-electron chi connectivity index (χ2n) is 12.6. The Balaban J connectivity index is 1.19. The Morgan fingerprint density at radius 2 is 0.940 bits per heavy atom. The van der Waals surface area contributed by atoms with Crippen LogP contribution < -0.4 is 0 Å². The number of hydrogen-bond donors (Lipinski definition) is 0. The van der Waals surface area contributed by atoms with Gasteiger partial charge in [-0.2, -0.15) is 0 Å². The van der Waals surface area contributed by atoms with Crippen molar-refractivity contribution in [2.75, 3.05) is 0 Å². The fraction of sp³-hybridized carbons (Fsp3) is 0. The van der Waals surface area contributed by atoms with Crippen molar-refractivity contribution in [3.8, 4) is 34.2 Å². The molecule has 6 heteroatoms. The van der Waals surface area contributed by atoms with Crippen LogP contribution in [-0.2, 0) is 0 Å². The third-order valence-electron chi connectivity index (χ3n) is 9.80. The first-order valence-electron chi connectivity index (χ1n) is 16.5. The van der Waals surface area contributed by atoms with E-state index in [1.807, 2.05) is 73.1 Å². The highest BCUT2D eigenvalue weighted by molar-refractivity contribution is 6.20. The number of aromatic nitrogens is 4. The van der Waals surface area contributed by atoms with E-state index in [4.69, 9.17) is 23.8 Å². The van der Waals surface area contributed by atoms with E-state index in [9.17, 15) is 0 Å². The zero-order valence-corrected chi connectivity index (χ0v) is 26.5. The van der Waals surface area contributed by atoms with Gasteiger partial charge in [0.05, 0.1) is 0 Å². The normalized spacial score (nSPS) is 12.0. The van der Waals surface area contributed by atoms with Crippen LogP contribution in [-0.4, -0.2) is 19.9 Å². The number of rotatable bonds is 3. The van der Waals surface area contributed by atoms with Gasteiger partial charge in [0, 0.05) is 56.0 Å². The molecule has 0 saturated heterocycles. The zero-order chi connectivity index (χ0) is 32.8. The SMILES string of the molecule is c1ccc2c(c1)oc1cccc(-c3nc(-c4ccc5c(ccc6ccc7cnccc7c65)c4)nc(-c4cccc5oc6ccccc6c45)n3)c12. The molecule has 0 aliphatic carbocycles. The molecule has 4 aromatic heterocycles. The van der Waals surface area contributed by atoms with Gasteiger partial charge in [-0.3, -0.25) is 4.98 Å². The Labute approximate surface area is 284 Å². The van der Waals surface area contributed by atoms with Crippen molar-refractivity contribution in [1.29, 1.82) is 0 Å². The van der Waals surface area contributed by atoms with Gasteiger partial charge >= 0.3 is 0 Å². The molecule has 11 aromatic rings. The summed E-state index contributed by atoms with van der Waals surface area (Å²) in [6.07, 6.45) is 3.78. The summed E-state index contributed by atoms with van der Waals surface area (Å²) in [7, 11) is 0. The van der Waals surface area contributed by atoms with Crippen molar-refractivity contribution in [2.24, 2.45) is 0 Å². The third-order valence-corrected chi connectivity index (χ3v) is 9.80. The van der Waals surface area contributed by atoms with Gasteiger partial charge in [-0.15, -0.1) is 0 Å². The van der Waals surface area contributed by atoms with Crippen LogP contribution in [0, 0.1) is 0 Å². The zero-order valence-electron chi connectivity index (χ0n) is 26.5. The van der Waals surface area contributed by atoms with Crippen molar-refractivity contribution in [1.82, 2.24) is 19.9 Å². The minimum atomic E-state index is 0.573. The fourth-order valence-corrected chi connectivity index (χ4v) is 7.54. The number of nitrogens with zero attached hydrogens (tertiary/aromatic N) is 4. The van der Waals surface area contributed by atoms with E-state index >= 15 is 0 Å². The second-order valence-corrected chi connectivity index (χ2v) is 12.6. The predicted molar refractivity (Wildman–Crippen MR) is 201 cm³/mol. The number of pyridine rings is 1. The van der Waals surface area contributed by atoms with E-state index < -0.39 is 0 Å². The highest BCUT2D eigenvalue weighted by Crippen LogP contribution is 2.40. The molecule has 0 radical (unpaired) electrons. The fourth-order valence-electron chi connectivity index (χ4n) is 7.54. The number of fused-ring (bicyclic) bond motifs is 11. The van der Waals surface area contributed by atoms with Crippen LogP contribution in [0.4, 0.5) is 0 Å². The predicted octanol–water partition coefficient (Wildman–Crippen LogP) is 11.5. The molecule has 4 heterocycles. The molecule has 0 aliphatic rings. The number of furan rings is 2. The van der Waals surface area contributed by atoms with Crippen LogP contribution in [0.3, 0.4) is 0 Å². The summed E-state index contributed by atoms with van der Waals surface area (Å²) in [5, 5.41) is 11.0. The second kappa shape index (κ2) is 10.3. The largest absolute Gasteiger partial charge is 0.456 e. The van der Waals surface area contributed by atoms with Crippen molar-refractivity contribution in [3.63, 3.8) is 0 Å². The van der Waals surface area contributed by atoms with Gasteiger partial charge in [0.15, 0.2) is 17.5 Å². The van der Waals surface area contributed by atoms with Crippen molar-refractivity contribution in [3.05, 3.63) is 146 Å². The molecule has 7 aromatic carbocycles. The molecule has 0 unspecified atom stereocenters. The number of hydrogen-bond acceptors (Lipinski definition) is 6. The number of benzene rings is 7. The topological polar surface area (TPSA) is 77.8 Å². The van der Waals surface area contributed by atoms with Gasteiger partial charge < -0.3 is 8.83 Å². The van der Waals surface area contributed by atoms with Crippen LogP contribution in [0.15, 0.2) is 155 Å². The van der Waals surface area contributed by atoms with Gasteiger partial charge in [0.25, 0.3) is 0 Å². The van der Waals surface area contributed by atoms with E-state index in [2.05, 4.69) is 77.8 Å². The van der Waals surface area contributed by atoms with Crippen LogP contribution >= 0.6 is 0 Å². The van der Waals surface area contributed by atoms with E-state index in [1.165, 1.54) is 21.5 Å². The van der Waals surface area contributed by atoms with E-state index in [-0.39, 0.29) is 0 Å². The maximum Gasteiger partial charge on any atom is 0.164 e. The van der Waals surface area contributed by atoms with Crippen LogP contribution in [0.25, 0.3) is 110 Å². The Bertz CT molecular complexity index is 3040. The minimum absolute atomic E-state index is 0.573. The van der Waals surface area contributed by atoms with Crippen molar-refractivity contribution < 1.29 is 8.83 Å². The highest BCUT2D eigenvalue weighted by atomic mass is 16.3.